The van der Waals surface area contributed by atoms with Crippen molar-refractivity contribution in [3.8, 4) is 0 Å². The standard InChI is InChI=1S/C22H25F2N3O3S/c23-17-7-8-18-20(15-17)30-26-22(18)16-9-13-27(14-10-16)12-4-3-11-25-31(28,29)21-6-2-1-5-19(21)24/h1-2,5-8,15-16,25H,3-4,9-14H2. The van der Waals surface area contributed by atoms with Crippen LogP contribution in [-0.2, 0) is 10.0 Å². The first kappa shape index (κ1) is 21.9. The second-order valence-electron chi connectivity index (χ2n) is 7.86. The molecule has 0 aliphatic carbocycles. The van der Waals surface area contributed by atoms with Crippen LogP contribution in [-0.4, -0.2) is 44.7 Å². The highest BCUT2D eigenvalue weighted by Gasteiger charge is 2.25. The summed E-state index contributed by atoms with van der Waals surface area (Å²) >= 11 is 0. The third kappa shape index (κ3) is 5.11. The zero-order valence-electron chi connectivity index (χ0n) is 17.1. The molecule has 6 nitrogen and oxygen atoms in total. The van der Waals surface area contributed by atoms with Gasteiger partial charge in [-0.1, -0.05) is 17.3 Å². The number of fused-ring (bicyclic) bond motifs is 1. The third-order valence-electron chi connectivity index (χ3n) is 5.76. The Morgan fingerprint density at radius 1 is 1.10 bits per heavy atom. The fourth-order valence-electron chi connectivity index (χ4n) is 4.06. The van der Waals surface area contributed by atoms with Gasteiger partial charge in [0.25, 0.3) is 0 Å². The number of sulfonamides is 1. The molecule has 0 atom stereocenters. The number of halogens is 2. The quantitative estimate of drug-likeness (QED) is 0.525. The molecule has 1 aromatic heterocycles. The number of piperidine rings is 1. The summed E-state index contributed by atoms with van der Waals surface area (Å²) in [6, 6.07) is 9.88. The van der Waals surface area contributed by atoms with Gasteiger partial charge in [0.05, 0.1) is 5.69 Å². The topological polar surface area (TPSA) is 75.4 Å². The number of rotatable bonds is 8. The van der Waals surface area contributed by atoms with Crippen LogP contribution in [0.15, 0.2) is 51.9 Å². The minimum absolute atomic E-state index is 0.272. The zero-order chi connectivity index (χ0) is 21.8. The maximum absolute atomic E-state index is 13.7. The maximum atomic E-state index is 13.7. The van der Waals surface area contributed by atoms with E-state index >= 15 is 0 Å². The zero-order valence-corrected chi connectivity index (χ0v) is 17.9. The number of benzene rings is 2. The lowest BCUT2D eigenvalue weighted by atomic mass is 9.91. The third-order valence-corrected chi connectivity index (χ3v) is 7.25. The van der Waals surface area contributed by atoms with Gasteiger partial charge in [-0.2, -0.15) is 0 Å². The summed E-state index contributed by atoms with van der Waals surface area (Å²) in [7, 11) is -3.83. The molecule has 0 unspecified atom stereocenters. The molecule has 1 saturated heterocycles. The van der Waals surface area contributed by atoms with E-state index in [1.54, 1.807) is 6.07 Å². The van der Waals surface area contributed by atoms with Crippen LogP contribution in [0.3, 0.4) is 0 Å². The molecule has 0 amide bonds. The summed E-state index contributed by atoms with van der Waals surface area (Å²) < 4.78 is 59.1. The largest absolute Gasteiger partial charge is 0.356 e. The Bertz CT molecular complexity index is 1140. The molecule has 1 N–H and O–H groups in total. The monoisotopic (exact) mass is 449 g/mol. The van der Waals surface area contributed by atoms with Crippen LogP contribution in [0.2, 0.25) is 0 Å². The fraction of sp³-hybridized carbons (Fsp3) is 0.409. The van der Waals surface area contributed by atoms with Crippen LogP contribution >= 0.6 is 0 Å². The van der Waals surface area contributed by atoms with Crippen LogP contribution in [0.5, 0.6) is 0 Å². The molecule has 0 spiro atoms. The van der Waals surface area contributed by atoms with Crippen molar-refractivity contribution in [1.82, 2.24) is 14.8 Å². The molecule has 1 aliphatic rings. The minimum Gasteiger partial charge on any atom is -0.356 e. The Hall–Kier alpha value is -2.36. The average Bonchev–Trinajstić information content (AvgIpc) is 3.17. The van der Waals surface area contributed by atoms with E-state index in [1.807, 2.05) is 0 Å². The maximum Gasteiger partial charge on any atom is 0.243 e. The van der Waals surface area contributed by atoms with E-state index in [-0.39, 0.29) is 23.2 Å². The van der Waals surface area contributed by atoms with Crippen LogP contribution in [0.25, 0.3) is 11.0 Å². The Morgan fingerprint density at radius 2 is 1.87 bits per heavy atom. The molecule has 31 heavy (non-hydrogen) atoms. The van der Waals surface area contributed by atoms with Crippen molar-refractivity contribution in [2.24, 2.45) is 0 Å². The number of hydrogen-bond acceptors (Lipinski definition) is 5. The number of nitrogens with zero attached hydrogens (tertiary/aromatic N) is 2. The van der Waals surface area contributed by atoms with E-state index in [0.717, 1.165) is 56.0 Å². The first-order chi connectivity index (χ1) is 14.9. The summed E-state index contributed by atoms with van der Waals surface area (Å²) in [5.74, 6) is -0.792. The molecule has 2 aromatic carbocycles. The van der Waals surface area contributed by atoms with Crippen molar-refractivity contribution < 1.29 is 21.7 Å². The summed E-state index contributed by atoms with van der Waals surface area (Å²) in [6.07, 6.45) is 3.40. The van der Waals surface area contributed by atoms with Gasteiger partial charge in [0.2, 0.25) is 10.0 Å². The summed E-state index contributed by atoms with van der Waals surface area (Å²) in [5, 5.41) is 5.05. The molecule has 0 radical (unpaired) electrons. The summed E-state index contributed by atoms with van der Waals surface area (Å²) in [6.45, 7) is 2.98. The molecule has 1 fully saturated rings. The molecule has 166 valence electrons. The van der Waals surface area contributed by atoms with Gasteiger partial charge in [0.1, 0.15) is 16.5 Å². The van der Waals surface area contributed by atoms with Gasteiger partial charge in [-0.15, -0.1) is 0 Å². The van der Waals surface area contributed by atoms with E-state index in [1.165, 1.54) is 30.3 Å². The smallest absolute Gasteiger partial charge is 0.243 e. The first-order valence-corrected chi connectivity index (χ1v) is 11.9. The molecule has 9 heteroatoms. The molecule has 1 aliphatic heterocycles. The van der Waals surface area contributed by atoms with Crippen molar-refractivity contribution >= 4 is 21.0 Å². The number of unbranched alkanes of at least 4 members (excludes halogenated alkanes) is 1. The van der Waals surface area contributed by atoms with Gasteiger partial charge < -0.3 is 9.42 Å². The molecular formula is C22H25F2N3O3S. The normalized spacial score (nSPS) is 16.2. The van der Waals surface area contributed by atoms with E-state index in [2.05, 4.69) is 14.8 Å². The number of nitrogens with one attached hydrogen (secondary N) is 1. The lowest BCUT2D eigenvalue weighted by Gasteiger charge is -2.31. The van der Waals surface area contributed by atoms with E-state index in [9.17, 15) is 17.2 Å². The average molecular weight is 450 g/mol. The van der Waals surface area contributed by atoms with Gasteiger partial charge in [0, 0.05) is 23.9 Å². The fourth-order valence-corrected chi connectivity index (χ4v) is 5.21. The Morgan fingerprint density at radius 3 is 2.65 bits per heavy atom. The first-order valence-electron chi connectivity index (χ1n) is 10.5. The van der Waals surface area contributed by atoms with Gasteiger partial charge in [-0.3, -0.25) is 0 Å². The van der Waals surface area contributed by atoms with E-state index in [0.29, 0.717) is 12.0 Å². The lowest BCUT2D eigenvalue weighted by molar-refractivity contribution is 0.206. The molecule has 2 heterocycles. The van der Waals surface area contributed by atoms with Gasteiger partial charge >= 0.3 is 0 Å². The second-order valence-corrected chi connectivity index (χ2v) is 9.59. The summed E-state index contributed by atoms with van der Waals surface area (Å²) in [5.41, 5.74) is 1.38. The van der Waals surface area contributed by atoms with E-state index in [4.69, 9.17) is 4.52 Å². The van der Waals surface area contributed by atoms with Gasteiger partial charge in [-0.05, 0) is 69.6 Å². The predicted molar refractivity (Wildman–Crippen MR) is 113 cm³/mol. The van der Waals surface area contributed by atoms with Crippen LogP contribution < -0.4 is 4.72 Å². The van der Waals surface area contributed by atoms with Crippen LogP contribution in [0.4, 0.5) is 8.78 Å². The highest BCUT2D eigenvalue weighted by atomic mass is 32.2. The summed E-state index contributed by atoms with van der Waals surface area (Å²) in [4.78, 5) is 2.03. The molecule has 4 rings (SSSR count). The lowest BCUT2D eigenvalue weighted by Crippen LogP contribution is -2.34. The highest BCUT2D eigenvalue weighted by Crippen LogP contribution is 2.32. The Labute approximate surface area is 180 Å². The molecule has 0 bridgehead atoms. The Kier molecular flexibility index (Phi) is 6.64. The number of likely N-dealkylation sites (tertiary alicyclic amines) is 1. The number of hydrogen-bond donors (Lipinski definition) is 1. The van der Waals surface area contributed by atoms with Crippen molar-refractivity contribution in [2.45, 2.75) is 36.5 Å². The molecule has 3 aromatic rings. The van der Waals surface area contributed by atoms with Gasteiger partial charge in [0.15, 0.2) is 5.58 Å². The predicted octanol–water partition coefficient (Wildman–Crippen LogP) is 4.04. The molecule has 0 saturated carbocycles. The second kappa shape index (κ2) is 9.42. The van der Waals surface area contributed by atoms with E-state index < -0.39 is 15.8 Å². The molecular weight excluding hydrogens is 424 g/mol. The van der Waals surface area contributed by atoms with Crippen LogP contribution in [0.1, 0.15) is 37.3 Å². The SMILES string of the molecule is O=S(=O)(NCCCCN1CCC(c2noc3cc(F)ccc23)CC1)c1ccccc1F. The Balaban J connectivity index is 1.20. The van der Waals surface area contributed by atoms with Gasteiger partial charge in [-0.25, -0.2) is 21.9 Å². The van der Waals surface area contributed by atoms with Crippen molar-refractivity contribution in [3.05, 3.63) is 59.8 Å². The number of aromatic nitrogens is 1. The van der Waals surface area contributed by atoms with Crippen molar-refractivity contribution in [2.75, 3.05) is 26.2 Å². The van der Waals surface area contributed by atoms with Crippen molar-refractivity contribution in [3.63, 3.8) is 0 Å². The minimum atomic E-state index is -3.83. The van der Waals surface area contributed by atoms with Crippen LogP contribution in [0, 0.1) is 11.6 Å². The van der Waals surface area contributed by atoms with Crippen molar-refractivity contribution in [1.29, 1.82) is 0 Å². The highest BCUT2D eigenvalue weighted by molar-refractivity contribution is 7.89.